The van der Waals surface area contributed by atoms with Crippen molar-refractivity contribution in [2.75, 3.05) is 60.6 Å². The number of nitrogens with zero attached hydrogens (tertiary/aromatic N) is 2. The molecule has 1 saturated heterocycles. The Hall–Kier alpha value is -3.50. The molecule has 1 fully saturated rings. The summed E-state index contributed by atoms with van der Waals surface area (Å²) in [4.78, 5) is 34.5. The maximum Gasteiger partial charge on any atom is 0.260 e. The number of amides is 2. The Bertz CT molecular complexity index is 1070. The van der Waals surface area contributed by atoms with Gasteiger partial charge in [-0.15, -0.1) is 0 Å². The molecule has 0 aromatic heterocycles. The summed E-state index contributed by atoms with van der Waals surface area (Å²) >= 11 is 0. The number of piperazine rings is 1. The van der Waals surface area contributed by atoms with Gasteiger partial charge in [0.2, 0.25) is 11.7 Å². The normalized spacial score (nSPS) is 18.0. The minimum atomic E-state index is -0.340. The van der Waals surface area contributed by atoms with Crippen molar-refractivity contribution >= 4 is 11.8 Å². The van der Waals surface area contributed by atoms with Crippen LogP contribution in [0.1, 0.15) is 23.5 Å². The van der Waals surface area contributed by atoms with E-state index in [-0.39, 0.29) is 17.7 Å². The molecular weight excluding hydrogens is 464 g/mol. The van der Waals surface area contributed by atoms with E-state index in [0.717, 1.165) is 43.9 Å². The quantitative estimate of drug-likeness (QED) is 0.509. The van der Waals surface area contributed by atoms with Crippen molar-refractivity contribution in [1.82, 2.24) is 20.6 Å². The van der Waals surface area contributed by atoms with Crippen molar-refractivity contribution in [1.29, 1.82) is 0 Å². The second-order valence-corrected chi connectivity index (χ2v) is 8.84. The molecule has 194 valence electrons. The van der Waals surface area contributed by atoms with Crippen LogP contribution < -0.4 is 29.8 Å². The van der Waals surface area contributed by atoms with Crippen LogP contribution in [-0.2, 0) is 16.1 Å². The largest absolute Gasteiger partial charge is 0.493 e. The fraction of sp³-hybridized carbons (Fsp3) is 0.462. The van der Waals surface area contributed by atoms with Gasteiger partial charge in [-0.2, -0.15) is 5.48 Å². The number of hydrogen-bond acceptors (Lipinski definition) is 8. The Morgan fingerprint density at radius 3 is 2.44 bits per heavy atom. The van der Waals surface area contributed by atoms with Gasteiger partial charge in [0.05, 0.1) is 33.8 Å². The van der Waals surface area contributed by atoms with Crippen molar-refractivity contribution in [2.45, 2.75) is 18.9 Å². The highest BCUT2D eigenvalue weighted by Crippen LogP contribution is 2.40. The monoisotopic (exact) mass is 498 g/mol. The molecule has 1 unspecified atom stereocenters. The van der Waals surface area contributed by atoms with Crippen LogP contribution in [0.2, 0.25) is 0 Å². The van der Waals surface area contributed by atoms with Gasteiger partial charge < -0.3 is 24.4 Å². The van der Waals surface area contributed by atoms with Gasteiger partial charge in [0.25, 0.3) is 5.91 Å². The van der Waals surface area contributed by atoms with Crippen LogP contribution in [-0.4, -0.2) is 82.2 Å². The van der Waals surface area contributed by atoms with Crippen molar-refractivity contribution in [2.24, 2.45) is 0 Å². The van der Waals surface area contributed by atoms with Gasteiger partial charge in [-0.05, 0) is 18.6 Å². The van der Waals surface area contributed by atoms with E-state index in [1.807, 2.05) is 36.4 Å². The number of carbonyl (C=O) groups is 2. The average molecular weight is 499 g/mol. The number of hydroxylamine groups is 1. The van der Waals surface area contributed by atoms with Crippen molar-refractivity contribution in [3.05, 3.63) is 47.5 Å². The summed E-state index contributed by atoms with van der Waals surface area (Å²) in [6.45, 7) is 4.73. The Morgan fingerprint density at radius 1 is 1.00 bits per heavy atom. The maximum atomic E-state index is 12.5. The first-order valence-electron chi connectivity index (χ1n) is 12.1. The number of fused-ring (bicyclic) bond motifs is 1. The number of hydrogen-bond donors (Lipinski definition) is 2. The third kappa shape index (κ3) is 5.83. The topological polar surface area (TPSA) is 102 Å². The molecule has 2 amide bonds. The number of carbonyl (C=O) groups excluding carboxylic acids is 2. The molecule has 10 heteroatoms. The summed E-state index contributed by atoms with van der Waals surface area (Å²) in [5.41, 5.74) is 4.32. The van der Waals surface area contributed by atoms with E-state index in [4.69, 9.17) is 19.0 Å². The van der Waals surface area contributed by atoms with Gasteiger partial charge in [-0.25, -0.2) is 0 Å². The average Bonchev–Trinajstić information content (AvgIpc) is 2.90. The number of benzene rings is 2. The Morgan fingerprint density at radius 2 is 1.72 bits per heavy atom. The molecule has 2 aliphatic heterocycles. The molecule has 4 rings (SSSR count). The molecule has 2 heterocycles. The third-order valence-electron chi connectivity index (χ3n) is 6.64. The van der Waals surface area contributed by atoms with Crippen LogP contribution in [0.25, 0.3) is 0 Å². The smallest absolute Gasteiger partial charge is 0.260 e. The summed E-state index contributed by atoms with van der Waals surface area (Å²) in [6.07, 6.45) is 0.513. The summed E-state index contributed by atoms with van der Waals surface area (Å²) in [7, 11) is 4.84. The molecule has 0 aliphatic carbocycles. The maximum absolute atomic E-state index is 12.5. The molecule has 2 aliphatic rings. The second-order valence-electron chi connectivity index (χ2n) is 8.84. The molecule has 2 aromatic carbocycles. The van der Waals surface area contributed by atoms with Crippen LogP contribution in [0.4, 0.5) is 0 Å². The molecule has 2 N–H and O–H groups in total. The summed E-state index contributed by atoms with van der Waals surface area (Å²) in [6, 6.07) is 11.3. The number of methoxy groups -OCH3 is 3. The number of para-hydroxylation sites is 1. The number of ether oxygens (including phenoxy) is 3. The molecule has 2 aromatic rings. The minimum absolute atomic E-state index is 0.0363. The first kappa shape index (κ1) is 25.6. The lowest BCUT2D eigenvalue weighted by Gasteiger charge is -2.34. The predicted octanol–water partition coefficient (Wildman–Crippen LogP) is 1.54. The zero-order valence-electron chi connectivity index (χ0n) is 21.0. The standard InChI is InChI=1S/C26H34N4O6/c1-33-22-9-8-18(24(34-2)25(22)35-3)16-29-12-14-30(15-13-29)17-23(31)27-11-10-20-19-6-4-5-7-21(19)36-28-26(20)32/h4-9,20H,10-17H2,1-3H3,(H,27,31)(H,28,32). The lowest BCUT2D eigenvalue weighted by Crippen LogP contribution is -2.49. The Kier molecular flexibility index (Phi) is 8.50. The Labute approximate surface area is 211 Å². The van der Waals surface area contributed by atoms with Gasteiger partial charge >= 0.3 is 0 Å². The van der Waals surface area contributed by atoms with Gasteiger partial charge in [0.15, 0.2) is 17.2 Å². The van der Waals surface area contributed by atoms with E-state index in [1.54, 1.807) is 21.3 Å². The molecule has 0 radical (unpaired) electrons. The number of rotatable bonds is 10. The SMILES string of the molecule is COc1ccc(CN2CCN(CC(=O)NCCC3C(=O)NOc4ccccc43)CC2)c(OC)c1OC. The highest BCUT2D eigenvalue weighted by Gasteiger charge is 2.29. The fourth-order valence-electron chi connectivity index (χ4n) is 4.71. The molecule has 0 spiro atoms. The lowest BCUT2D eigenvalue weighted by molar-refractivity contribution is -0.131. The minimum Gasteiger partial charge on any atom is -0.493 e. The van der Waals surface area contributed by atoms with Crippen LogP contribution in [0.3, 0.4) is 0 Å². The van der Waals surface area contributed by atoms with Gasteiger partial charge in [0.1, 0.15) is 0 Å². The molecule has 36 heavy (non-hydrogen) atoms. The number of nitrogens with one attached hydrogen (secondary N) is 2. The van der Waals surface area contributed by atoms with E-state index >= 15 is 0 Å². The van der Waals surface area contributed by atoms with Crippen molar-refractivity contribution in [3.8, 4) is 23.0 Å². The van der Waals surface area contributed by atoms with Gasteiger partial charge in [0, 0.05) is 50.4 Å². The summed E-state index contributed by atoms with van der Waals surface area (Å²) < 4.78 is 16.5. The lowest BCUT2D eigenvalue weighted by atomic mass is 9.93. The van der Waals surface area contributed by atoms with E-state index in [0.29, 0.717) is 42.5 Å². The van der Waals surface area contributed by atoms with E-state index in [9.17, 15) is 9.59 Å². The second kappa shape index (κ2) is 12.0. The highest BCUT2D eigenvalue weighted by molar-refractivity contribution is 5.85. The zero-order valence-corrected chi connectivity index (χ0v) is 21.0. The molecular formula is C26H34N4O6. The summed E-state index contributed by atoms with van der Waals surface area (Å²) in [5.74, 6) is 1.99. The van der Waals surface area contributed by atoms with Gasteiger partial charge in [-0.3, -0.25) is 19.4 Å². The first-order valence-corrected chi connectivity index (χ1v) is 12.1. The highest BCUT2D eigenvalue weighted by atomic mass is 16.7. The first-order chi connectivity index (χ1) is 17.5. The zero-order chi connectivity index (χ0) is 25.5. The van der Waals surface area contributed by atoms with E-state index < -0.39 is 0 Å². The molecule has 10 nitrogen and oxygen atoms in total. The molecule has 0 bridgehead atoms. The van der Waals surface area contributed by atoms with Gasteiger partial charge in [-0.1, -0.05) is 24.3 Å². The predicted molar refractivity (Wildman–Crippen MR) is 133 cm³/mol. The van der Waals surface area contributed by atoms with Crippen molar-refractivity contribution in [3.63, 3.8) is 0 Å². The molecule has 0 saturated carbocycles. The Balaban J connectivity index is 1.22. The van der Waals surface area contributed by atoms with E-state index in [1.165, 1.54) is 0 Å². The van der Waals surface area contributed by atoms with Crippen molar-refractivity contribution < 1.29 is 28.6 Å². The summed E-state index contributed by atoms with van der Waals surface area (Å²) in [5, 5.41) is 2.96. The van der Waals surface area contributed by atoms with Crippen LogP contribution in [0.15, 0.2) is 36.4 Å². The van der Waals surface area contributed by atoms with E-state index in [2.05, 4.69) is 20.6 Å². The van der Waals surface area contributed by atoms with Crippen LogP contribution >= 0.6 is 0 Å². The third-order valence-corrected chi connectivity index (χ3v) is 6.64. The fourth-order valence-corrected chi connectivity index (χ4v) is 4.71. The van der Waals surface area contributed by atoms with Crippen LogP contribution in [0, 0.1) is 0 Å². The van der Waals surface area contributed by atoms with Crippen LogP contribution in [0.5, 0.6) is 23.0 Å². The molecule has 1 atom stereocenters.